The average molecular weight is 442 g/mol. The summed E-state index contributed by atoms with van der Waals surface area (Å²) in [4.78, 5) is 40.7. The first-order valence-corrected chi connectivity index (χ1v) is 11.0. The number of carbonyl (C=O) groups is 3. The molecule has 3 amide bonds. The fourth-order valence-corrected chi connectivity index (χ4v) is 3.59. The number of anilines is 1. The molecule has 1 aromatic carbocycles. The number of nitrogens with one attached hydrogen (secondary N) is 1. The Labute approximate surface area is 188 Å². The summed E-state index contributed by atoms with van der Waals surface area (Å²) < 4.78 is 6.59. The Bertz CT molecular complexity index is 961. The summed E-state index contributed by atoms with van der Waals surface area (Å²) in [6, 6.07) is 6.95. The first-order chi connectivity index (χ1) is 15.3. The van der Waals surface area contributed by atoms with Crippen LogP contribution in [0.1, 0.15) is 48.4 Å². The van der Waals surface area contributed by atoms with E-state index in [4.69, 9.17) is 4.74 Å². The normalized spacial score (nSPS) is 14.8. The van der Waals surface area contributed by atoms with Crippen molar-refractivity contribution in [3.05, 3.63) is 47.3 Å². The lowest BCUT2D eigenvalue weighted by Gasteiger charge is -2.35. The number of hydrogen-bond acceptors (Lipinski definition) is 5. The van der Waals surface area contributed by atoms with Gasteiger partial charge in [0, 0.05) is 37.9 Å². The minimum Gasteiger partial charge on any atom is -0.450 e. The molecule has 1 aliphatic heterocycles. The van der Waals surface area contributed by atoms with Gasteiger partial charge in [0.05, 0.1) is 18.0 Å². The highest BCUT2D eigenvalue weighted by Crippen LogP contribution is 2.19. The highest BCUT2D eigenvalue weighted by atomic mass is 16.6. The lowest BCUT2D eigenvalue weighted by molar-refractivity contribution is -0.136. The molecule has 0 radical (unpaired) electrons. The van der Waals surface area contributed by atoms with Crippen molar-refractivity contribution in [2.45, 2.75) is 40.2 Å². The molecule has 0 saturated carbocycles. The summed E-state index contributed by atoms with van der Waals surface area (Å²) in [7, 11) is 0. The van der Waals surface area contributed by atoms with E-state index >= 15 is 0 Å². The number of ether oxygens (including phenoxy) is 1. The molecule has 9 heteroatoms. The van der Waals surface area contributed by atoms with E-state index in [9.17, 15) is 14.4 Å². The Morgan fingerprint density at radius 2 is 1.69 bits per heavy atom. The molecule has 1 unspecified atom stereocenters. The second kappa shape index (κ2) is 10.3. The number of benzene rings is 1. The van der Waals surface area contributed by atoms with Gasteiger partial charge in [-0.1, -0.05) is 19.1 Å². The van der Waals surface area contributed by atoms with Crippen molar-refractivity contribution in [2.75, 3.05) is 38.1 Å². The molecule has 1 aromatic heterocycles. The van der Waals surface area contributed by atoms with Gasteiger partial charge < -0.3 is 19.9 Å². The number of rotatable bonds is 6. The quantitative estimate of drug-likeness (QED) is 0.744. The molecule has 0 spiro atoms. The molecule has 2 heterocycles. The summed E-state index contributed by atoms with van der Waals surface area (Å²) in [6.45, 7) is 9.50. The van der Waals surface area contributed by atoms with Gasteiger partial charge in [-0.25, -0.2) is 4.79 Å². The molecule has 32 heavy (non-hydrogen) atoms. The number of carbonyl (C=O) groups excluding carboxylic acids is 3. The second-order valence-electron chi connectivity index (χ2n) is 7.80. The summed E-state index contributed by atoms with van der Waals surface area (Å²) in [5, 5.41) is 7.32. The summed E-state index contributed by atoms with van der Waals surface area (Å²) in [6.07, 6.45) is 2.25. The van der Waals surface area contributed by atoms with Crippen molar-refractivity contribution in [1.82, 2.24) is 19.6 Å². The van der Waals surface area contributed by atoms with Gasteiger partial charge in [0.25, 0.3) is 5.91 Å². The van der Waals surface area contributed by atoms with Crippen LogP contribution >= 0.6 is 0 Å². The first-order valence-electron chi connectivity index (χ1n) is 11.0. The largest absolute Gasteiger partial charge is 0.450 e. The number of amides is 3. The molecule has 3 rings (SSSR count). The van der Waals surface area contributed by atoms with Crippen LogP contribution in [0.2, 0.25) is 0 Å². The molecule has 1 N–H and O–H groups in total. The van der Waals surface area contributed by atoms with E-state index in [0.717, 1.165) is 6.42 Å². The van der Waals surface area contributed by atoms with E-state index in [-0.39, 0.29) is 17.9 Å². The topological polar surface area (TPSA) is 96.8 Å². The van der Waals surface area contributed by atoms with Crippen LogP contribution in [0.5, 0.6) is 0 Å². The van der Waals surface area contributed by atoms with Crippen LogP contribution in [0, 0.1) is 6.92 Å². The highest BCUT2D eigenvalue weighted by molar-refractivity contribution is 6.04. The molecule has 1 aliphatic rings. The molecule has 0 aliphatic carbocycles. The first kappa shape index (κ1) is 23.3. The van der Waals surface area contributed by atoms with E-state index in [2.05, 4.69) is 17.3 Å². The van der Waals surface area contributed by atoms with Gasteiger partial charge in [-0.15, -0.1) is 0 Å². The molecule has 9 nitrogen and oxygen atoms in total. The molecule has 1 fully saturated rings. The maximum atomic E-state index is 13.0. The van der Waals surface area contributed by atoms with Crippen molar-refractivity contribution < 1.29 is 19.1 Å². The monoisotopic (exact) mass is 441 g/mol. The van der Waals surface area contributed by atoms with E-state index in [1.54, 1.807) is 53.6 Å². The van der Waals surface area contributed by atoms with Crippen LogP contribution in [-0.4, -0.2) is 70.3 Å². The lowest BCUT2D eigenvalue weighted by atomic mass is 10.1. The van der Waals surface area contributed by atoms with Crippen LogP contribution in [0.15, 0.2) is 30.5 Å². The zero-order valence-electron chi connectivity index (χ0n) is 19.1. The van der Waals surface area contributed by atoms with Crippen molar-refractivity contribution in [3.8, 4) is 0 Å². The minimum atomic E-state index is -0.530. The van der Waals surface area contributed by atoms with Gasteiger partial charge in [-0.2, -0.15) is 5.10 Å². The van der Waals surface area contributed by atoms with Crippen LogP contribution in [0.4, 0.5) is 10.5 Å². The predicted octanol–water partition coefficient (Wildman–Crippen LogP) is 2.87. The fraction of sp³-hybridized carbons (Fsp3) is 0.478. The average Bonchev–Trinajstić information content (AvgIpc) is 3.18. The number of aryl methyl sites for hydroxylation is 2. The maximum absolute atomic E-state index is 13.0. The molecule has 1 saturated heterocycles. The van der Waals surface area contributed by atoms with E-state index < -0.39 is 6.04 Å². The third kappa shape index (κ3) is 5.27. The van der Waals surface area contributed by atoms with Crippen molar-refractivity contribution in [2.24, 2.45) is 0 Å². The van der Waals surface area contributed by atoms with Crippen LogP contribution in [0.25, 0.3) is 0 Å². The lowest BCUT2D eigenvalue weighted by Crippen LogP contribution is -2.52. The van der Waals surface area contributed by atoms with E-state index in [1.807, 2.05) is 12.1 Å². The Balaban J connectivity index is 1.61. The molecule has 2 aromatic rings. The number of hydrogen-bond donors (Lipinski definition) is 1. The van der Waals surface area contributed by atoms with Crippen molar-refractivity contribution in [3.63, 3.8) is 0 Å². The molecule has 0 bridgehead atoms. The van der Waals surface area contributed by atoms with Gasteiger partial charge in [0.1, 0.15) is 6.04 Å². The Hall–Kier alpha value is -3.36. The SMILES string of the molecule is CCOC(=O)N1CCN(C(=O)C(C)n2cc(NC(=O)c3ccc(CC)cc3)c(C)n2)CC1. The number of aromatic nitrogens is 2. The van der Waals surface area contributed by atoms with E-state index in [1.165, 1.54) is 5.56 Å². The van der Waals surface area contributed by atoms with E-state index in [0.29, 0.717) is 49.7 Å². The van der Waals surface area contributed by atoms with Crippen LogP contribution in [-0.2, 0) is 16.0 Å². The maximum Gasteiger partial charge on any atom is 0.409 e. The zero-order chi connectivity index (χ0) is 23.3. The van der Waals surface area contributed by atoms with Crippen LogP contribution < -0.4 is 5.32 Å². The molecule has 172 valence electrons. The number of piperazine rings is 1. The molecular formula is C23H31N5O4. The van der Waals surface area contributed by atoms with Gasteiger partial charge in [0.2, 0.25) is 5.91 Å². The van der Waals surface area contributed by atoms with Gasteiger partial charge in [0.15, 0.2) is 0 Å². The zero-order valence-corrected chi connectivity index (χ0v) is 19.1. The Morgan fingerprint density at radius 3 is 2.28 bits per heavy atom. The smallest absolute Gasteiger partial charge is 0.409 e. The third-order valence-electron chi connectivity index (χ3n) is 5.66. The highest BCUT2D eigenvalue weighted by Gasteiger charge is 2.29. The van der Waals surface area contributed by atoms with Gasteiger partial charge >= 0.3 is 6.09 Å². The summed E-state index contributed by atoms with van der Waals surface area (Å²) >= 11 is 0. The van der Waals surface area contributed by atoms with Gasteiger partial charge in [-0.3, -0.25) is 14.3 Å². The predicted molar refractivity (Wildman–Crippen MR) is 121 cm³/mol. The van der Waals surface area contributed by atoms with Crippen molar-refractivity contribution in [1.29, 1.82) is 0 Å². The fourth-order valence-electron chi connectivity index (χ4n) is 3.59. The molecule has 1 atom stereocenters. The summed E-state index contributed by atoms with van der Waals surface area (Å²) in [5.41, 5.74) is 2.94. The Kier molecular flexibility index (Phi) is 7.50. The Morgan fingerprint density at radius 1 is 1.06 bits per heavy atom. The van der Waals surface area contributed by atoms with Gasteiger partial charge in [-0.05, 0) is 44.9 Å². The van der Waals surface area contributed by atoms with Crippen LogP contribution in [0.3, 0.4) is 0 Å². The third-order valence-corrected chi connectivity index (χ3v) is 5.66. The summed E-state index contributed by atoms with van der Waals surface area (Å²) in [5.74, 6) is -0.298. The second-order valence-corrected chi connectivity index (χ2v) is 7.80. The van der Waals surface area contributed by atoms with Crippen molar-refractivity contribution >= 4 is 23.6 Å². The standard InChI is InChI=1S/C23H31N5O4/c1-5-18-7-9-19(10-8-18)21(29)24-20-15-28(25-16(20)3)17(4)22(30)26-11-13-27(14-12-26)23(31)32-6-2/h7-10,15,17H,5-6,11-14H2,1-4H3,(H,24,29). The minimum absolute atomic E-state index is 0.0796. The molecular weight excluding hydrogens is 410 g/mol. The number of nitrogens with zero attached hydrogens (tertiary/aromatic N) is 4.